The van der Waals surface area contributed by atoms with E-state index in [1.807, 2.05) is 0 Å². The molecule has 1 heteroatoms. The predicted octanol–water partition coefficient (Wildman–Crippen LogP) is 3.05. The molecule has 0 N–H and O–H groups in total. The van der Waals surface area contributed by atoms with Crippen LogP contribution in [0.1, 0.15) is 51.4 Å². The van der Waals surface area contributed by atoms with Gasteiger partial charge in [-0.1, -0.05) is 19.3 Å². The maximum Gasteiger partial charge on any atom is 0.0126 e. The van der Waals surface area contributed by atoms with E-state index < -0.39 is 0 Å². The highest BCUT2D eigenvalue weighted by molar-refractivity contribution is 4.95. The average molecular weight is 193 g/mol. The molecule has 2 saturated carbocycles. The van der Waals surface area contributed by atoms with Crippen LogP contribution in [0.25, 0.3) is 0 Å². The van der Waals surface area contributed by atoms with Crippen molar-refractivity contribution in [2.24, 2.45) is 11.8 Å². The van der Waals surface area contributed by atoms with Crippen LogP contribution in [0.2, 0.25) is 0 Å². The number of hydrogen-bond donors (Lipinski definition) is 0. The molecular weight excluding hydrogens is 170 g/mol. The predicted molar refractivity (Wildman–Crippen MR) is 59.3 cm³/mol. The Hall–Kier alpha value is -0.0400. The molecule has 0 aromatic carbocycles. The lowest BCUT2D eigenvalue weighted by Crippen LogP contribution is -2.39. The Bertz CT molecular complexity index is 193. The lowest BCUT2D eigenvalue weighted by atomic mass is 9.94. The van der Waals surface area contributed by atoms with E-state index in [1.54, 1.807) is 25.7 Å². The highest BCUT2D eigenvalue weighted by Crippen LogP contribution is 2.46. The van der Waals surface area contributed by atoms with Gasteiger partial charge in [0.05, 0.1) is 0 Å². The Morgan fingerprint density at radius 2 is 1.57 bits per heavy atom. The zero-order valence-electron chi connectivity index (χ0n) is 9.25. The first-order chi connectivity index (χ1) is 6.93. The van der Waals surface area contributed by atoms with Crippen molar-refractivity contribution in [3.63, 3.8) is 0 Å². The summed E-state index contributed by atoms with van der Waals surface area (Å²) < 4.78 is 0. The monoisotopic (exact) mass is 193 g/mol. The number of hydrogen-bond acceptors (Lipinski definition) is 1. The average Bonchev–Trinajstić information content (AvgIpc) is 2.72. The molecule has 1 heterocycles. The lowest BCUT2D eigenvalue weighted by molar-refractivity contribution is 0.147. The Morgan fingerprint density at radius 1 is 0.786 bits per heavy atom. The van der Waals surface area contributed by atoms with Crippen molar-refractivity contribution in [1.82, 2.24) is 4.90 Å². The molecule has 3 fully saturated rings. The van der Waals surface area contributed by atoms with E-state index in [-0.39, 0.29) is 0 Å². The molecule has 0 radical (unpaired) electrons. The smallest absolute Gasteiger partial charge is 0.0126 e. The number of likely N-dealkylation sites (tertiary alicyclic amines) is 1. The molecule has 1 saturated heterocycles. The van der Waals surface area contributed by atoms with Crippen LogP contribution in [0, 0.1) is 11.8 Å². The summed E-state index contributed by atoms with van der Waals surface area (Å²) in [5.41, 5.74) is 0. The topological polar surface area (TPSA) is 3.24 Å². The van der Waals surface area contributed by atoms with Gasteiger partial charge in [-0.3, -0.25) is 0 Å². The second-order valence-corrected chi connectivity index (χ2v) is 5.69. The van der Waals surface area contributed by atoms with Crippen molar-refractivity contribution < 1.29 is 0 Å². The molecule has 0 unspecified atom stereocenters. The van der Waals surface area contributed by atoms with Crippen LogP contribution in [0.4, 0.5) is 0 Å². The van der Waals surface area contributed by atoms with Gasteiger partial charge < -0.3 is 4.90 Å². The van der Waals surface area contributed by atoms with Gasteiger partial charge >= 0.3 is 0 Å². The first-order valence-electron chi connectivity index (χ1n) is 6.67. The Kier molecular flexibility index (Phi) is 2.53. The summed E-state index contributed by atoms with van der Waals surface area (Å²) in [5, 5.41) is 0. The molecule has 1 nitrogen and oxygen atoms in total. The van der Waals surface area contributed by atoms with Crippen molar-refractivity contribution in [1.29, 1.82) is 0 Å². The summed E-state index contributed by atoms with van der Waals surface area (Å²) in [7, 11) is 0. The van der Waals surface area contributed by atoms with E-state index in [9.17, 15) is 0 Å². The normalized spacial score (nSPS) is 44.1. The molecule has 80 valence electrons. The molecule has 0 amide bonds. The molecule has 2 aliphatic carbocycles. The molecule has 3 atom stereocenters. The Morgan fingerprint density at radius 3 is 2.14 bits per heavy atom. The van der Waals surface area contributed by atoms with Crippen molar-refractivity contribution in [3.05, 3.63) is 0 Å². The zero-order valence-corrected chi connectivity index (χ0v) is 9.25. The SMILES string of the molecule is C1CCCN([C@H]2C[C@H]3CC[C@@H]2C3)CC1. The van der Waals surface area contributed by atoms with Crippen LogP contribution in [0.5, 0.6) is 0 Å². The van der Waals surface area contributed by atoms with Gasteiger partial charge in [-0.05, 0) is 57.0 Å². The minimum absolute atomic E-state index is 1.01. The number of nitrogens with zero attached hydrogens (tertiary/aromatic N) is 1. The first kappa shape index (κ1) is 9.21. The summed E-state index contributed by atoms with van der Waals surface area (Å²) in [6.07, 6.45) is 12.1. The van der Waals surface area contributed by atoms with Gasteiger partial charge in [-0.2, -0.15) is 0 Å². The van der Waals surface area contributed by atoms with Gasteiger partial charge in [0.2, 0.25) is 0 Å². The van der Waals surface area contributed by atoms with Crippen LogP contribution in [0.15, 0.2) is 0 Å². The van der Waals surface area contributed by atoms with Crippen LogP contribution >= 0.6 is 0 Å². The third-order valence-electron chi connectivity index (χ3n) is 4.81. The quantitative estimate of drug-likeness (QED) is 0.618. The van der Waals surface area contributed by atoms with Gasteiger partial charge in [0, 0.05) is 6.04 Å². The van der Waals surface area contributed by atoms with Gasteiger partial charge in [-0.15, -0.1) is 0 Å². The molecule has 1 aliphatic heterocycles. The van der Waals surface area contributed by atoms with Crippen molar-refractivity contribution in [2.45, 2.75) is 57.4 Å². The van der Waals surface area contributed by atoms with Crippen LogP contribution in [0.3, 0.4) is 0 Å². The van der Waals surface area contributed by atoms with Crippen molar-refractivity contribution >= 4 is 0 Å². The number of fused-ring (bicyclic) bond motifs is 2. The molecule has 0 aromatic heterocycles. The summed E-state index contributed by atoms with van der Waals surface area (Å²) in [4.78, 5) is 2.84. The van der Waals surface area contributed by atoms with E-state index in [0.717, 1.165) is 17.9 Å². The molecule has 3 rings (SSSR count). The zero-order chi connectivity index (χ0) is 9.38. The van der Waals surface area contributed by atoms with Crippen molar-refractivity contribution in [2.75, 3.05) is 13.1 Å². The van der Waals surface area contributed by atoms with Crippen LogP contribution < -0.4 is 0 Å². The molecule has 3 aliphatic rings. The fourth-order valence-electron chi connectivity index (χ4n) is 4.09. The fourth-order valence-corrected chi connectivity index (χ4v) is 4.09. The van der Waals surface area contributed by atoms with Gasteiger partial charge in [0.1, 0.15) is 0 Å². The molecule has 0 spiro atoms. The molecule has 2 bridgehead atoms. The molecular formula is C13H23N. The summed E-state index contributed by atoms with van der Waals surface area (Å²) >= 11 is 0. The molecule has 14 heavy (non-hydrogen) atoms. The minimum atomic E-state index is 1.01. The second kappa shape index (κ2) is 3.84. The second-order valence-electron chi connectivity index (χ2n) is 5.69. The minimum Gasteiger partial charge on any atom is -0.300 e. The maximum atomic E-state index is 2.84. The summed E-state index contributed by atoms with van der Waals surface area (Å²) in [6.45, 7) is 2.82. The Balaban J connectivity index is 1.63. The highest BCUT2D eigenvalue weighted by atomic mass is 15.2. The van der Waals surface area contributed by atoms with Gasteiger partial charge in [0.25, 0.3) is 0 Å². The summed E-state index contributed by atoms with van der Waals surface area (Å²) in [6, 6.07) is 1.01. The highest BCUT2D eigenvalue weighted by Gasteiger charge is 2.41. The standard InChI is InChI=1S/C13H23N/c1-2-4-8-14(7-3-1)13-10-11-5-6-12(13)9-11/h11-13H,1-10H2/t11-,12+,13-/m0/s1. The lowest BCUT2D eigenvalue weighted by Gasteiger charge is -2.33. The largest absolute Gasteiger partial charge is 0.300 e. The summed E-state index contributed by atoms with van der Waals surface area (Å²) in [5.74, 6) is 2.21. The van der Waals surface area contributed by atoms with Crippen LogP contribution in [-0.2, 0) is 0 Å². The van der Waals surface area contributed by atoms with E-state index >= 15 is 0 Å². The van der Waals surface area contributed by atoms with Gasteiger partial charge in [0.15, 0.2) is 0 Å². The van der Waals surface area contributed by atoms with E-state index in [1.165, 1.54) is 38.8 Å². The van der Waals surface area contributed by atoms with Gasteiger partial charge in [-0.25, -0.2) is 0 Å². The first-order valence-corrected chi connectivity index (χ1v) is 6.67. The fraction of sp³-hybridized carbons (Fsp3) is 1.00. The third kappa shape index (κ3) is 1.60. The number of rotatable bonds is 1. The van der Waals surface area contributed by atoms with E-state index in [0.29, 0.717) is 0 Å². The molecule has 0 aromatic rings. The Labute approximate surface area is 87.9 Å². The van der Waals surface area contributed by atoms with E-state index in [4.69, 9.17) is 0 Å². The van der Waals surface area contributed by atoms with Crippen molar-refractivity contribution in [3.8, 4) is 0 Å². The maximum absolute atomic E-state index is 2.84. The third-order valence-corrected chi connectivity index (χ3v) is 4.81. The van der Waals surface area contributed by atoms with E-state index in [2.05, 4.69) is 4.90 Å². The van der Waals surface area contributed by atoms with Crippen LogP contribution in [-0.4, -0.2) is 24.0 Å².